The van der Waals surface area contributed by atoms with Crippen molar-refractivity contribution < 1.29 is 22.8 Å². The second kappa shape index (κ2) is 5.72. The first kappa shape index (κ1) is 16.1. The molecule has 1 N–H and O–H groups in total. The quantitative estimate of drug-likeness (QED) is 0.895. The number of hydrogen-bond acceptors (Lipinski definition) is 5. The third-order valence-electron chi connectivity index (χ3n) is 3.23. The van der Waals surface area contributed by atoms with Crippen molar-refractivity contribution in [1.82, 2.24) is 9.97 Å². The molecule has 0 saturated carbocycles. The number of carbonyl (C=O) groups is 2. The van der Waals surface area contributed by atoms with Crippen molar-refractivity contribution in [2.45, 2.75) is 6.18 Å². The molecule has 5 nitrogen and oxygen atoms in total. The molecule has 0 unspecified atom stereocenters. The number of ketones is 2. The first-order valence-electron chi connectivity index (χ1n) is 6.53. The van der Waals surface area contributed by atoms with Gasteiger partial charge in [-0.1, -0.05) is 17.7 Å². The Labute approximate surface area is 138 Å². The summed E-state index contributed by atoms with van der Waals surface area (Å²) in [6, 6.07) is 4.18. The number of halogens is 4. The van der Waals surface area contributed by atoms with E-state index in [0.717, 1.165) is 12.1 Å². The van der Waals surface area contributed by atoms with Crippen LogP contribution in [0.15, 0.2) is 47.4 Å². The molecular formula is C15H7ClF3N3O2. The fourth-order valence-corrected chi connectivity index (χ4v) is 2.36. The third-order valence-corrected chi connectivity index (χ3v) is 3.59. The largest absolute Gasteiger partial charge is 0.416 e. The van der Waals surface area contributed by atoms with E-state index in [0.29, 0.717) is 0 Å². The van der Waals surface area contributed by atoms with Crippen LogP contribution in [0.3, 0.4) is 0 Å². The molecule has 0 radical (unpaired) electrons. The number of hydrogen-bond donors (Lipinski definition) is 1. The summed E-state index contributed by atoms with van der Waals surface area (Å²) in [5.74, 6) is -1.45. The van der Waals surface area contributed by atoms with Gasteiger partial charge in [0.25, 0.3) is 0 Å². The van der Waals surface area contributed by atoms with Crippen LogP contribution in [0.25, 0.3) is 0 Å². The van der Waals surface area contributed by atoms with Crippen LogP contribution in [0.4, 0.5) is 18.9 Å². The van der Waals surface area contributed by atoms with Crippen LogP contribution in [0.1, 0.15) is 26.5 Å². The van der Waals surface area contributed by atoms with Crippen LogP contribution in [0.5, 0.6) is 0 Å². The van der Waals surface area contributed by atoms with Crippen LogP contribution >= 0.6 is 11.6 Å². The molecule has 1 aliphatic carbocycles. The van der Waals surface area contributed by atoms with Gasteiger partial charge in [-0.2, -0.15) is 13.2 Å². The van der Waals surface area contributed by atoms with Crippen molar-refractivity contribution >= 4 is 28.9 Å². The second-order valence-electron chi connectivity index (χ2n) is 4.80. The molecule has 0 amide bonds. The minimum atomic E-state index is -4.54. The maximum Gasteiger partial charge on any atom is 0.416 e. The highest BCUT2D eigenvalue weighted by Gasteiger charge is 2.34. The van der Waals surface area contributed by atoms with Gasteiger partial charge in [0.05, 0.1) is 5.56 Å². The minimum Gasteiger partial charge on any atom is -0.351 e. The highest BCUT2D eigenvalue weighted by molar-refractivity contribution is 6.49. The predicted octanol–water partition coefficient (Wildman–Crippen LogP) is 3.44. The van der Waals surface area contributed by atoms with E-state index in [2.05, 4.69) is 15.3 Å². The number of alkyl halides is 3. The first-order chi connectivity index (χ1) is 11.3. The van der Waals surface area contributed by atoms with Crippen molar-refractivity contribution in [3.8, 4) is 0 Å². The predicted molar refractivity (Wildman–Crippen MR) is 78.6 cm³/mol. The average Bonchev–Trinajstić information content (AvgIpc) is 2.56. The molecular weight excluding hydrogens is 347 g/mol. The van der Waals surface area contributed by atoms with E-state index < -0.39 is 28.3 Å². The number of nitrogens with zero attached hydrogens (tertiary/aromatic N) is 2. The summed E-state index contributed by atoms with van der Waals surface area (Å²) in [6.45, 7) is 0. The summed E-state index contributed by atoms with van der Waals surface area (Å²) < 4.78 is 38.3. The van der Waals surface area contributed by atoms with Crippen molar-refractivity contribution in [1.29, 1.82) is 0 Å². The number of nitrogens with one attached hydrogen (secondary N) is 1. The summed E-state index contributed by atoms with van der Waals surface area (Å²) in [5, 5.41) is 2.02. The van der Waals surface area contributed by atoms with E-state index in [-0.39, 0.29) is 22.8 Å². The number of benzene rings is 1. The second-order valence-corrected chi connectivity index (χ2v) is 5.18. The fraction of sp³-hybridized carbons (Fsp3) is 0.0667. The molecule has 1 aromatic heterocycles. The Morgan fingerprint density at radius 3 is 2.25 bits per heavy atom. The molecule has 1 heterocycles. The number of Topliss-reactive ketones (excluding diaryl/α,β-unsaturated/α-hetero) is 2. The monoisotopic (exact) mass is 353 g/mol. The summed E-state index contributed by atoms with van der Waals surface area (Å²) in [7, 11) is 0. The molecule has 24 heavy (non-hydrogen) atoms. The molecule has 3 rings (SSSR count). The standard InChI is InChI=1S/C15H7ClF3N3O2/c16-9-10(14(24)12-11(13(9)23)20-4-5-21-12)22-8-3-1-2-7(6-8)15(17,18)19/h1-6,22H. The number of allylic oxidation sites excluding steroid dienone is 2. The molecule has 0 spiro atoms. The highest BCUT2D eigenvalue weighted by atomic mass is 35.5. The minimum absolute atomic E-state index is 0.0357. The molecule has 0 aliphatic heterocycles. The Bertz CT molecular complexity index is 894. The molecule has 122 valence electrons. The molecule has 0 saturated heterocycles. The SMILES string of the molecule is O=C1C(Cl)=C(Nc2cccc(C(F)(F)F)c2)C(=O)c2nccnc21. The van der Waals surface area contributed by atoms with Gasteiger partial charge >= 0.3 is 6.18 Å². The van der Waals surface area contributed by atoms with Gasteiger partial charge in [-0.15, -0.1) is 0 Å². The van der Waals surface area contributed by atoms with Crippen LogP contribution in [0, 0.1) is 0 Å². The topological polar surface area (TPSA) is 72.0 Å². The number of anilines is 1. The van der Waals surface area contributed by atoms with Gasteiger partial charge in [0.15, 0.2) is 0 Å². The number of fused-ring (bicyclic) bond motifs is 1. The average molecular weight is 354 g/mol. The molecule has 0 atom stereocenters. The highest BCUT2D eigenvalue weighted by Crippen LogP contribution is 2.32. The number of aromatic nitrogens is 2. The van der Waals surface area contributed by atoms with E-state index in [9.17, 15) is 22.8 Å². The molecule has 0 fully saturated rings. The number of rotatable bonds is 2. The zero-order chi connectivity index (χ0) is 17.5. The van der Waals surface area contributed by atoms with Gasteiger partial charge < -0.3 is 5.32 Å². The first-order valence-corrected chi connectivity index (χ1v) is 6.91. The zero-order valence-electron chi connectivity index (χ0n) is 11.7. The van der Waals surface area contributed by atoms with Gasteiger partial charge in [0.1, 0.15) is 22.1 Å². The van der Waals surface area contributed by atoms with E-state index in [4.69, 9.17) is 11.6 Å². The molecule has 1 aliphatic rings. The van der Waals surface area contributed by atoms with Crippen LogP contribution in [-0.4, -0.2) is 21.5 Å². The summed E-state index contributed by atoms with van der Waals surface area (Å²) >= 11 is 5.89. The Kier molecular flexibility index (Phi) is 3.84. The molecule has 2 aromatic rings. The molecule has 9 heteroatoms. The van der Waals surface area contributed by atoms with Gasteiger partial charge in [-0.25, -0.2) is 9.97 Å². The van der Waals surface area contributed by atoms with Crippen molar-refractivity contribution in [2.75, 3.05) is 5.32 Å². The summed E-state index contributed by atoms with van der Waals surface area (Å²) in [6.07, 6.45) is -2.08. The number of carbonyl (C=O) groups excluding carboxylic acids is 2. The lowest BCUT2D eigenvalue weighted by atomic mass is 10.0. The third kappa shape index (κ3) is 2.76. The maximum absolute atomic E-state index is 12.8. The Hall–Kier alpha value is -2.74. The van der Waals surface area contributed by atoms with Crippen LogP contribution in [-0.2, 0) is 6.18 Å². The molecule has 0 bridgehead atoms. The van der Waals surface area contributed by atoms with E-state index in [1.807, 2.05) is 0 Å². The van der Waals surface area contributed by atoms with E-state index in [1.165, 1.54) is 24.5 Å². The Morgan fingerprint density at radius 2 is 1.62 bits per heavy atom. The smallest absolute Gasteiger partial charge is 0.351 e. The van der Waals surface area contributed by atoms with Gasteiger partial charge in [0.2, 0.25) is 11.6 Å². The fourth-order valence-electron chi connectivity index (χ4n) is 2.14. The van der Waals surface area contributed by atoms with Gasteiger partial charge in [-0.3, -0.25) is 9.59 Å². The van der Waals surface area contributed by atoms with E-state index >= 15 is 0 Å². The van der Waals surface area contributed by atoms with Crippen molar-refractivity contribution in [3.63, 3.8) is 0 Å². The maximum atomic E-state index is 12.8. The van der Waals surface area contributed by atoms with Crippen molar-refractivity contribution in [2.24, 2.45) is 0 Å². The zero-order valence-corrected chi connectivity index (χ0v) is 12.4. The summed E-state index contributed by atoms with van der Waals surface area (Å²) in [4.78, 5) is 32.1. The lowest BCUT2D eigenvalue weighted by molar-refractivity contribution is -0.137. The lowest BCUT2D eigenvalue weighted by Gasteiger charge is -2.18. The van der Waals surface area contributed by atoms with E-state index in [1.54, 1.807) is 0 Å². The normalized spacial score (nSPS) is 14.7. The van der Waals surface area contributed by atoms with Crippen LogP contribution < -0.4 is 5.32 Å². The van der Waals surface area contributed by atoms with Crippen molar-refractivity contribution in [3.05, 3.63) is 64.3 Å². The lowest BCUT2D eigenvalue weighted by Crippen LogP contribution is -2.26. The van der Waals surface area contributed by atoms with Gasteiger partial charge in [-0.05, 0) is 18.2 Å². The van der Waals surface area contributed by atoms with Gasteiger partial charge in [0, 0.05) is 18.1 Å². The summed E-state index contributed by atoms with van der Waals surface area (Å²) in [5.41, 5.74) is -1.68. The van der Waals surface area contributed by atoms with Crippen LogP contribution in [0.2, 0.25) is 0 Å². The molecule has 1 aromatic carbocycles. The Balaban J connectivity index is 2.00. The Morgan fingerprint density at radius 1 is 1.00 bits per heavy atom.